The number of carbonyl (C=O) groups is 1. The Morgan fingerprint density at radius 2 is 1.58 bits per heavy atom. The number of hydrogen-bond acceptors (Lipinski definition) is 6. The third-order valence-corrected chi connectivity index (χ3v) is 5.96. The number of benzene rings is 3. The van der Waals surface area contributed by atoms with E-state index >= 15 is 0 Å². The monoisotopic (exact) mass is 439 g/mol. The fourth-order valence-corrected chi connectivity index (χ4v) is 4.14. The molecule has 6 nitrogen and oxygen atoms in total. The van der Waals surface area contributed by atoms with E-state index in [9.17, 15) is 18.3 Å². The van der Waals surface area contributed by atoms with Gasteiger partial charge in [-0.15, -0.1) is 0 Å². The minimum Gasteiger partial charge on any atom is -0.508 e. The Kier molecular flexibility index (Phi) is 7.44. The van der Waals surface area contributed by atoms with Gasteiger partial charge in [-0.05, 0) is 35.2 Å². The van der Waals surface area contributed by atoms with E-state index in [1.165, 1.54) is 18.2 Å². The molecule has 0 spiro atoms. The average molecular weight is 440 g/mol. The Morgan fingerprint density at radius 1 is 0.968 bits per heavy atom. The van der Waals surface area contributed by atoms with Gasteiger partial charge in [-0.2, -0.15) is 0 Å². The average Bonchev–Trinajstić information content (AvgIpc) is 2.76. The fraction of sp³-hybridized carbons (Fsp3) is 0.208. The molecule has 0 heterocycles. The fourth-order valence-electron chi connectivity index (χ4n) is 3.18. The van der Waals surface area contributed by atoms with E-state index in [1.807, 2.05) is 60.7 Å². The summed E-state index contributed by atoms with van der Waals surface area (Å²) in [6.45, 7) is 0.538. The Bertz CT molecular complexity index is 1120. The third-order valence-electron chi connectivity index (χ3n) is 4.78. The van der Waals surface area contributed by atoms with Crippen molar-refractivity contribution in [2.45, 2.75) is 30.5 Å². The van der Waals surface area contributed by atoms with Crippen molar-refractivity contribution in [3.8, 4) is 5.75 Å². The standard InChI is InChI=1S/C24H25NO5S/c1-31(28,29)23-15-21(26)13-12-20(23)14-22(25-16-18-8-4-2-5-9-18)24(27)30-17-19-10-6-3-7-11-19/h2-13,15,22,25-26H,14,16-17H2,1H3/t22-/m0/s1. The number of esters is 1. The number of phenolic OH excluding ortho intramolecular Hbond substituents is 1. The second-order valence-electron chi connectivity index (χ2n) is 7.28. The summed E-state index contributed by atoms with van der Waals surface area (Å²) < 4.78 is 29.9. The molecule has 3 aromatic carbocycles. The van der Waals surface area contributed by atoms with Gasteiger partial charge in [-0.3, -0.25) is 4.79 Å². The Morgan fingerprint density at radius 3 is 2.19 bits per heavy atom. The highest BCUT2D eigenvalue weighted by molar-refractivity contribution is 7.90. The lowest BCUT2D eigenvalue weighted by atomic mass is 10.0. The normalized spacial score (nSPS) is 12.3. The van der Waals surface area contributed by atoms with Crippen LogP contribution in [0.4, 0.5) is 0 Å². The molecular weight excluding hydrogens is 414 g/mol. The van der Waals surface area contributed by atoms with Crippen LogP contribution in [-0.2, 0) is 38.9 Å². The van der Waals surface area contributed by atoms with E-state index in [0.29, 0.717) is 12.1 Å². The SMILES string of the molecule is CS(=O)(=O)c1cc(O)ccc1C[C@H](NCc1ccccc1)C(=O)OCc1ccccc1. The summed E-state index contributed by atoms with van der Waals surface area (Å²) in [4.78, 5) is 12.9. The molecule has 31 heavy (non-hydrogen) atoms. The molecule has 0 aliphatic carbocycles. The van der Waals surface area contributed by atoms with Crippen molar-refractivity contribution in [3.63, 3.8) is 0 Å². The molecule has 0 aliphatic rings. The number of phenols is 1. The maximum absolute atomic E-state index is 12.9. The van der Waals surface area contributed by atoms with Gasteiger partial charge in [0.05, 0.1) is 4.90 Å². The highest BCUT2D eigenvalue weighted by Crippen LogP contribution is 2.23. The van der Waals surface area contributed by atoms with Crippen molar-refractivity contribution < 1.29 is 23.1 Å². The van der Waals surface area contributed by atoms with Crippen LogP contribution in [-0.4, -0.2) is 31.8 Å². The van der Waals surface area contributed by atoms with E-state index in [2.05, 4.69) is 5.32 Å². The predicted molar refractivity (Wildman–Crippen MR) is 118 cm³/mol. The van der Waals surface area contributed by atoms with Crippen LogP contribution in [0.15, 0.2) is 83.8 Å². The van der Waals surface area contributed by atoms with Crippen molar-refractivity contribution in [3.05, 3.63) is 95.6 Å². The van der Waals surface area contributed by atoms with Crippen LogP contribution in [0.5, 0.6) is 5.75 Å². The molecule has 2 N–H and O–H groups in total. The molecule has 162 valence electrons. The molecule has 7 heteroatoms. The topological polar surface area (TPSA) is 92.7 Å². The first-order valence-electron chi connectivity index (χ1n) is 9.83. The molecule has 0 saturated heterocycles. The lowest BCUT2D eigenvalue weighted by Gasteiger charge is -2.19. The van der Waals surface area contributed by atoms with Gasteiger partial charge < -0.3 is 15.2 Å². The summed E-state index contributed by atoms with van der Waals surface area (Å²) in [5.74, 6) is -0.628. The first-order valence-corrected chi connectivity index (χ1v) is 11.7. The van der Waals surface area contributed by atoms with E-state index in [-0.39, 0.29) is 23.7 Å². The first-order chi connectivity index (χ1) is 14.8. The Balaban J connectivity index is 1.80. The number of aromatic hydroxyl groups is 1. The van der Waals surface area contributed by atoms with Crippen LogP contribution >= 0.6 is 0 Å². The van der Waals surface area contributed by atoms with Crippen LogP contribution < -0.4 is 5.32 Å². The molecule has 0 radical (unpaired) electrons. The second kappa shape index (κ2) is 10.2. The van der Waals surface area contributed by atoms with Gasteiger partial charge in [0.2, 0.25) is 0 Å². The minimum atomic E-state index is -3.59. The largest absolute Gasteiger partial charge is 0.508 e. The number of hydrogen-bond donors (Lipinski definition) is 2. The number of sulfone groups is 1. The first kappa shape index (κ1) is 22.5. The predicted octanol–water partition coefficient (Wildman–Crippen LogP) is 3.24. The highest BCUT2D eigenvalue weighted by Gasteiger charge is 2.24. The van der Waals surface area contributed by atoms with Gasteiger partial charge in [0.25, 0.3) is 0 Å². The van der Waals surface area contributed by atoms with Crippen molar-refractivity contribution in [2.75, 3.05) is 6.26 Å². The Hall–Kier alpha value is -3.16. The number of ether oxygens (including phenoxy) is 1. The maximum atomic E-state index is 12.9. The van der Waals surface area contributed by atoms with Crippen molar-refractivity contribution in [1.29, 1.82) is 0 Å². The van der Waals surface area contributed by atoms with Crippen molar-refractivity contribution >= 4 is 15.8 Å². The molecule has 0 aromatic heterocycles. The molecule has 0 fully saturated rings. The summed E-state index contributed by atoms with van der Waals surface area (Å²) in [6.07, 6.45) is 1.18. The molecule has 1 atom stereocenters. The van der Waals surface area contributed by atoms with Crippen LogP contribution in [0.3, 0.4) is 0 Å². The summed E-state index contributed by atoms with van der Waals surface area (Å²) in [6, 6.07) is 22.3. The van der Waals surface area contributed by atoms with Crippen molar-refractivity contribution in [2.24, 2.45) is 0 Å². The molecule has 0 saturated carbocycles. The molecule has 0 bridgehead atoms. The van der Waals surface area contributed by atoms with Crippen LogP contribution in [0.2, 0.25) is 0 Å². The van der Waals surface area contributed by atoms with Gasteiger partial charge in [-0.1, -0.05) is 66.7 Å². The smallest absolute Gasteiger partial charge is 0.323 e. The molecule has 0 aliphatic heterocycles. The third kappa shape index (κ3) is 6.67. The molecule has 3 aromatic rings. The summed E-state index contributed by atoms with van der Waals surface area (Å²) in [7, 11) is -3.59. The minimum absolute atomic E-state index is 0.00475. The number of carbonyl (C=O) groups excluding carboxylic acids is 1. The van der Waals surface area contributed by atoms with Crippen molar-refractivity contribution in [1.82, 2.24) is 5.32 Å². The highest BCUT2D eigenvalue weighted by atomic mass is 32.2. The summed E-state index contributed by atoms with van der Waals surface area (Å²) >= 11 is 0. The van der Waals surface area contributed by atoms with E-state index in [4.69, 9.17) is 4.74 Å². The van der Waals surface area contributed by atoms with E-state index in [0.717, 1.165) is 17.4 Å². The second-order valence-corrected chi connectivity index (χ2v) is 9.26. The molecule has 3 rings (SSSR count). The Labute approximate surface area is 182 Å². The summed E-state index contributed by atoms with van der Waals surface area (Å²) in [5, 5.41) is 12.9. The van der Waals surface area contributed by atoms with Gasteiger partial charge in [0.15, 0.2) is 9.84 Å². The lowest BCUT2D eigenvalue weighted by Crippen LogP contribution is -2.39. The zero-order valence-corrected chi connectivity index (χ0v) is 18.0. The van der Waals surface area contributed by atoms with Crippen LogP contribution in [0.25, 0.3) is 0 Å². The maximum Gasteiger partial charge on any atom is 0.323 e. The zero-order valence-electron chi connectivity index (χ0n) is 17.2. The zero-order chi connectivity index (χ0) is 22.3. The lowest BCUT2D eigenvalue weighted by molar-refractivity contribution is -0.147. The number of rotatable bonds is 9. The van der Waals surface area contributed by atoms with Crippen LogP contribution in [0.1, 0.15) is 16.7 Å². The van der Waals surface area contributed by atoms with Gasteiger partial charge in [0.1, 0.15) is 18.4 Å². The van der Waals surface area contributed by atoms with E-state index < -0.39 is 21.8 Å². The van der Waals surface area contributed by atoms with Gasteiger partial charge >= 0.3 is 5.97 Å². The molecule has 0 amide bonds. The van der Waals surface area contributed by atoms with E-state index in [1.54, 1.807) is 0 Å². The number of nitrogens with one attached hydrogen (secondary N) is 1. The quantitative estimate of drug-likeness (QED) is 0.497. The van der Waals surface area contributed by atoms with Gasteiger partial charge in [-0.25, -0.2) is 8.42 Å². The van der Waals surface area contributed by atoms with Crippen LogP contribution in [0, 0.1) is 0 Å². The molecule has 0 unspecified atom stereocenters. The summed E-state index contributed by atoms with van der Waals surface area (Å²) in [5.41, 5.74) is 2.28. The molecular formula is C24H25NO5S. The van der Waals surface area contributed by atoms with Gasteiger partial charge in [0, 0.05) is 12.8 Å².